The van der Waals surface area contributed by atoms with E-state index in [1.165, 1.54) is 23.5 Å². The number of hydrogen-bond acceptors (Lipinski definition) is 6. The summed E-state index contributed by atoms with van der Waals surface area (Å²) in [6.07, 6.45) is 1.61. The van der Waals surface area contributed by atoms with Crippen molar-refractivity contribution in [2.75, 3.05) is 13.4 Å². The first-order valence-corrected chi connectivity index (χ1v) is 10.3. The number of benzene rings is 2. The topological polar surface area (TPSA) is 73.9 Å². The molecule has 0 bridgehead atoms. The van der Waals surface area contributed by atoms with Crippen molar-refractivity contribution < 1.29 is 28.2 Å². The molecule has 0 saturated carbocycles. The molecule has 1 amide bonds. The highest BCUT2D eigenvalue weighted by Gasteiger charge is 2.17. The van der Waals surface area contributed by atoms with Crippen LogP contribution < -0.4 is 14.8 Å². The van der Waals surface area contributed by atoms with E-state index in [1.807, 2.05) is 17.5 Å². The summed E-state index contributed by atoms with van der Waals surface area (Å²) in [7, 11) is 0. The van der Waals surface area contributed by atoms with E-state index in [4.69, 9.17) is 14.2 Å². The van der Waals surface area contributed by atoms with Crippen molar-refractivity contribution >= 4 is 34.9 Å². The molecule has 0 atom stereocenters. The van der Waals surface area contributed by atoms with E-state index in [9.17, 15) is 14.0 Å². The maximum absolute atomic E-state index is 13.2. The first-order valence-electron chi connectivity index (χ1n) is 9.42. The van der Waals surface area contributed by atoms with E-state index in [1.54, 1.807) is 36.4 Å². The number of halogens is 1. The molecule has 0 aliphatic carbocycles. The van der Waals surface area contributed by atoms with Gasteiger partial charge in [0.2, 0.25) is 6.79 Å². The molecule has 2 aromatic carbocycles. The van der Waals surface area contributed by atoms with Crippen molar-refractivity contribution in [3.63, 3.8) is 0 Å². The van der Waals surface area contributed by atoms with Crippen LogP contribution in [-0.2, 0) is 20.9 Å². The summed E-state index contributed by atoms with van der Waals surface area (Å²) in [4.78, 5) is 25.5. The highest BCUT2D eigenvalue weighted by Crippen LogP contribution is 2.32. The largest absolute Gasteiger partial charge is 0.454 e. The Morgan fingerprint density at radius 1 is 1.10 bits per heavy atom. The number of thiophene rings is 1. The Balaban J connectivity index is 1.36. The van der Waals surface area contributed by atoms with Crippen LogP contribution in [-0.4, -0.2) is 25.3 Å². The molecule has 0 radical (unpaired) electrons. The lowest BCUT2D eigenvalue weighted by Gasteiger charge is -2.09. The van der Waals surface area contributed by atoms with E-state index < -0.39 is 18.5 Å². The minimum atomic E-state index is -0.634. The van der Waals surface area contributed by atoms with Gasteiger partial charge in [0.1, 0.15) is 5.82 Å². The fourth-order valence-electron chi connectivity index (χ4n) is 2.90. The summed E-state index contributed by atoms with van der Waals surface area (Å²) in [5.41, 5.74) is 1.78. The minimum Gasteiger partial charge on any atom is -0.454 e. The third-order valence-electron chi connectivity index (χ3n) is 4.45. The van der Waals surface area contributed by atoms with Crippen LogP contribution in [0.5, 0.6) is 11.5 Å². The van der Waals surface area contributed by atoms with Crippen molar-refractivity contribution in [2.24, 2.45) is 0 Å². The van der Waals surface area contributed by atoms with Crippen molar-refractivity contribution in [2.45, 2.75) is 6.54 Å². The maximum atomic E-state index is 13.2. The molecular formula is C23H18FNO5S. The number of fused-ring (bicyclic) bond motifs is 1. The van der Waals surface area contributed by atoms with Gasteiger partial charge in [0.05, 0.1) is 5.57 Å². The van der Waals surface area contributed by atoms with Gasteiger partial charge in [-0.3, -0.25) is 4.79 Å². The quantitative estimate of drug-likeness (QED) is 0.445. The molecule has 2 heterocycles. The summed E-state index contributed by atoms with van der Waals surface area (Å²) in [5, 5.41) is 4.54. The lowest BCUT2D eigenvalue weighted by Crippen LogP contribution is -2.28. The van der Waals surface area contributed by atoms with Gasteiger partial charge < -0.3 is 19.5 Å². The molecule has 1 aliphatic rings. The zero-order valence-electron chi connectivity index (χ0n) is 16.3. The molecule has 0 spiro atoms. The highest BCUT2D eigenvalue weighted by atomic mass is 32.1. The Hall–Kier alpha value is -3.65. The molecule has 1 aliphatic heterocycles. The second-order valence-corrected chi connectivity index (χ2v) is 7.58. The van der Waals surface area contributed by atoms with Gasteiger partial charge in [-0.05, 0) is 52.9 Å². The number of esters is 1. The van der Waals surface area contributed by atoms with Gasteiger partial charge in [0.25, 0.3) is 5.91 Å². The van der Waals surface area contributed by atoms with E-state index >= 15 is 0 Å². The fourth-order valence-corrected chi connectivity index (χ4v) is 3.63. The van der Waals surface area contributed by atoms with E-state index in [-0.39, 0.29) is 19.2 Å². The van der Waals surface area contributed by atoms with Gasteiger partial charge in [-0.1, -0.05) is 24.3 Å². The number of nitrogens with one attached hydrogen (secondary N) is 1. The molecule has 0 saturated heterocycles. The first-order chi connectivity index (χ1) is 15.1. The Morgan fingerprint density at radius 2 is 1.90 bits per heavy atom. The average molecular weight is 439 g/mol. The van der Waals surface area contributed by atoms with E-state index in [0.29, 0.717) is 27.5 Å². The number of ether oxygens (including phenoxy) is 3. The van der Waals surface area contributed by atoms with E-state index in [0.717, 1.165) is 5.56 Å². The van der Waals surface area contributed by atoms with Crippen molar-refractivity contribution in [1.29, 1.82) is 0 Å². The molecular weight excluding hydrogens is 421 g/mol. The molecule has 0 fully saturated rings. The van der Waals surface area contributed by atoms with Crippen molar-refractivity contribution in [1.82, 2.24) is 5.32 Å². The van der Waals surface area contributed by atoms with Crippen LogP contribution in [0.1, 0.15) is 16.0 Å². The van der Waals surface area contributed by atoms with Crippen LogP contribution in [0.2, 0.25) is 0 Å². The van der Waals surface area contributed by atoms with Crippen LogP contribution in [0.3, 0.4) is 0 Å². The zero-order chi connectivity index (χ0) is 21.6. The molecule has 6 nitrogen and oxygen atoms in total. The lowest BCUT2D eigenvalue weighted by molar-refractivity contribution is -0.142. The van der Waals surface area contributed by atoms with Crippen LogP contribution in [0, 0.1) is 5.82 Å². The summed E-state index contributed by atoms with van der Waals surface area (Å²) in [6, 6.07) is 14.7. The summed E-state index contributed by atoms with van der Waals surface area (Å²) in [5.74, 6) is -0.136. The fraction of sp³-hybridized carbons (Fsp3) is 0.130. The predicted molar refractivity (Wildman–Crippen MR) is 114 cm³/mol. The number of carbonyl (C=O) groups is 2. The Labute approximate surface area is 181 Å². The van der Waals surface area contributed by atoms with Gasteiger partial charge in [-0.15, -0.1) is 11.3 Å². The molecule has 1 N–H and O–H groups in total. The molecule has 1 aromatic heterocycles. The first kappa shape index (κ1) is 20.6. The van der Waals surface area contributed by atoms with E-state index in [2.05, 4.69) is 5.32 Å². The monoisotopic (exact) mass is 439 g/mol. The van der Waals surface area contributed by atoms with Gasteiger partial charge in [0.15, 0.2) is 18.1 Å². The van der Waals surface area contributed by atoms with Crippen molar-refractivity contribution in [3.8, 4) is 11.5 Å². The van der Waals surface area contributed by atoms with Crippen LogP contribution in [0.15, 0.2) is 60.0 Å². The van der Waals surface area contributed by atoms with Gasteiger partial charge in [-0.2, -0.15) is 0 Å². The van der Waals surface area contributed by atoms with Crippen LogP contribution >= 0.6 is 11.3 Å². The van der Waals surface area contributed by atoms with Gasteiger partial charge in [0, 0.05) is 11.4 Å². The second-order valence-electron chi connectivity index (χ2n) is 6.63. The minimum absolute atomic E-state index is 0.180. The summed E-state index contributed by atoms with van der Waals surface area (Å²) in [6.45, 7) is 0.0187. The summed E-state index contributed by atoms with van der Waals surface area (Å²) < 4.78 is 28.9. The molecule has 4 rings (SSSR count). The molecule has 3 aromatic rings. The van der Waals surface area contributed by atoms with Gasteiger partial charge >= 0.3 is 5.97 Å². The van der Waals surface area contributed by atoms with Gasteiger partial charge in [-0.25, -0.2) is 9.18 Å². The van der Waals surface area contributed by atoms with Crippen LogP contribution in [0.25, 0.3) is 11.6 Å². The second kappa shape index (κ2) is 9.44. The number of hydrogen-bond donors (Lipinski definition) is 1. The predicted octanol–water partition coefficient (Wildman–Crippen LogP) is 4.02. The van der Waals surface area contributed by atoms with Crippen molar-refractivity contribution in [3.05, 3.63) is 81.8 Å². The number of amides is 1. The average Bonchev–Trinajstić information content (AvgIpc) is 3.47. The molecule has 31 heavy (non-hydrogen) atoms. The molecule has 0 unspecified atom stereocenters. The smallest absolute Gasteiger partial charge is 0.340 e. The maximum Gasteiger partial charge on any atom is 0.340 e. The third kappa shape index (κ3) is 5.29. The third-order valence-corrected chi connectivity index (χ3v) is 5.35. The summed E-state index contributed by atoms with van der Waals surface area (Å²) >= 11 is 1.37. The Bertz CT molecular complexity index is 1110. The molecule has 158 valence electrons. The number of carbonyl (C=O) groups excluding carboxylic acids is 2. The SMILES string of the molecule is O=C(COC(=O)C(=Cc1ccc(F)cc1)c1cccs1)NCc1ccc2c(c1)OCO2. The number of rotatable bonds is 7. The highest BCUT2D eigenvalue weighted by molar-refractivity contribution is 7.11. The zero-order valence-corrected chi connectivity index (χ0v) is 17.1. The standard InChI is InChI=1S/C23H18FNO5S/c24-17-6-3-15(4-7-17)10-18(21-2-1-9-31-21)23(27)28-13-22(26)25-12-16-5-8-19-20(11-16)30-14-29-19/h1-11H,12-14H2,(H,25,26). The lowest BCUT2D eigenvalue weighted by atomic mass is 10.1. The normalized spacial score (nSPS) is 12.5. The van der Waals surface area contributed by atoms with Crippen LogP contribution in [0.4, 0.5) is 4.39 Å². The Morgan fingerprint density at radius 3 is 2.68 bits per heavy atom. The molecule has 8 heteroatoms. The Kier molecular flexibility index (Phi) is 6.28.